The first-order valence-corrected chi connectivity index (χ1v) is 6.00. The molecule has 1 saturated carbocycles. The van der Waals surface area contributed by atoms with Gasteiger partial charge in [0.1, 0.15) is 0 Å². The molecule has 0 amide bonds. The smallest absolute Gasteiger partial charge is 0.0951 e. The third-order valence-corrected chi connectivity index (χ3v) is 4.25. The van der Waals surface area contributed by atoms with Crippen LogP contribution >= 0.6 is 11.5 Å². The molecule has 1 aliphatic rings. The quantitative estimate of drug-likeness (QED) is 0.815. The molecule has 1 atom stereocenters. The van der Waals surface area contributed by atoms with Crippen LogP contribution in [-0.4, -0.2) is 9.48 Å². The standard InChI is InChI=1S/C11H17NOS/c1-8-7-9(14-12-8)10(13)11(2)5-3-4-6-11/h7,10,13H,3-6H2,1-2H3. The van der Waals surface area contributed by atoms with E-state index in [2.05, 4.69) is 11.3 Å². The lowest BCUT2D eigenvalue weighted by Gasteiger charge is -2.28. The van der Waals surface area contributed by atoms with Crippen molar-refractivity contribution in [3.05, 3.63) is 16.6 Å². The molecule has 1 unspecified atom stereocenters. The maximum atomic E-state index is 10.3. The van der Waals surface area contributed by atoms with E-state index in [4.69, 9.17) is 0 Å². The monoisotopic (exact) mass is 211 g/mol. The molecule has 0 spiro atoms. The summed E-state index contributed by atoms with van der Waals surface area (Å²) in [6.45, 7) is 4.17. The Morgan fingerprint density at radius 2 is 2.14 bits per heavy atom. The van der Waals surface area contributed by atoms with Gasteiger partial charge in [-0.15, -0.1) is 0 Å². The van der Waals surface area contributed by atoms with E-state index in [1.165, 1.54) is 24.4 Å². The van der Waals surface area contributed by atoms with E-state index in [1.807, 2.05) is 13.0 Å². The van der Waals surface area contributed by atoms with Crippen LogP contribution in [0, 0.1) is 12.3 Å². The molecule has 0 bridgehead atoms. The lowest BCUT2D eigenvalue weighted by Crippen LogP contribution is -2.21. The number of hydrogen-bond acceptors (Lipinski definition) is 3. The van der Waals surface area contributed by atoms with E-state index in [9.17, 15) is 5.11 Å². The molecule has 1 aromatic rings. The summed E-state index contributed by atoms with van der Waals surface area (Å²) in [4.78, 5) is 1.03. The fourth-order valence-corrected chi connectivity index (χ4v) is 3.22. The number of aliphatic hydroxyl groups excluding tert-OH is 1. The molecule has 3 heteroatoms. The van der Waals surface area contributed by atoms with Crippen LogP contribution in [0.3, 0.4) is 0 Å². The van der Waals surface area contributed by atoms with Crippen molar-refractivity contribution in [1.82, 2.24) is 4.37 Å². The summed E-state index contributed by atoms with van der Waals surface area (Å²) in [6.07, 6.45) is 4.49. The molecular formula is C11H17NOS. The van der Waals surface area contributed by atoms with Gasteiger partial charge < -0.3 is 5.11 Å². The van der Waals surface area contributed by atoms with Crippen LogP contribution in [0.2, 0.25) is 0 Å². The average molecular weight is 211 g/mol. The summed E-state index contributed by atoms with van der Waals surface area (Å²) in [6, 6.07) is 2.01. The fraction of sp³-hybridized carbons (Fsp3) is 0.727. The van der Waals surface area contributed by atoms with Gasteiger partial charge in [0.05, 0.1) is 16.7 Å². The van der Waals surface area contributed by atoms with Gasteiger partial charge in [0, 0.05) is 0 Å². The summed E-state index contributed by atoms with van der Waals surface area (Å²) in [5.74, 6) is 0. The van der Waals surface area contributed by atoms with Crippen molar-refractivity contribution in [3.63, 3.8) is 0 Å². The molecular weight excluding hydrogens is 194 g/mol. The molecule has 78 valence electrons. The third-order valence-electron chi connectivity index (χ3n) is 3.32. The Balaban J connectivity index is 2.18. The summed E-state index contributed by atoms with van der Waals surface area (Å²) < 4.78 is 4.22. The second-order valence-electron chi connectivity index (χ2n) is 4.63. The van der Waals surface area contributed by atoms with Gasteiger partial charge in [0.25, 0.3) is 0 Å². The Morgan fingerprint density at radius 3 is 2.64 bits per heavy atom. The molecule has 1 fully saturated rings. The first kappa shape index (κ1) is 10.1. The zero-order valence-electron chi connectivity index (χ0n) is 8.79. The second kappa shape index (κ2) is 3.63. The van der Waals surface area contributed by atoms with Gasteiger partial charge in [0.2, 0.25) is 0 Å². The maximum Gasteiger partial charge on any atom is 0.0951 e. The van der Waals surface area contributed by atoms with Gasteiger partial charge in [-0.05, 0) is 42.8 Å². The first-order valence-electron chi connectivity index (χ1n) is 5.23. The molecule has 0 aromatic carbocycles. The van der Waals surface area contributed by atoms with Gasteiger partial charge in [-0.2, -0.15) is 4.37 Å². The lowest BCUT2D eigenvalue weighted by molar-refractivity contribution is 0.0437. The van der Waals surface area contributed by atoms with E-state index in [0.717, 1.165) is 23.4 Å². The summed E-state index contributed by atoms with van der Waals surface area (Å²) in [7, 11) is 0. The SMILES string of the molecule is Cc1cc(C(O)C2(C)CCCC2)sn1. The van der Waals surface area contributed by atoms with Crippen LogP contribution in [0.1, 0.15) is 49.3 Å². The fourth-order valence-electron chi connectivity index (χ4n) is 2.31. The van der Waals surface area contributed by atoms with Crippen molar-refractivity contribution in [2.45, 2.75) is 45.6 Å². The summed E-state index contributed by atoms with van der Waals surface area (Å²) in [5.41, 5.74) is 1.12. The minimum Gasteiger partial charge on any atom is -0.387 e. The Hall–Kier alpha value is -0.410. The number of nitrogens with zero attached hydrogens (tertiary/aromatic N) is 1. The predicted molar refractivity (Wildman–Crippen MR) is 58.4 cm³/mol. The van der Waals surface area contributed by atoms with Crippen LogP contribution in [0.15, 0.2) is 6.07 Å². The highest BCUT2D eigenvalue weighted by Gasteiger charge is 2.37. The highest BCUT2D eigenvalue weighted by Crippen LogP contribution is 2.47. The zero-order valence-corrected chi connectivity index (χ0v) is 9.60. The summed E-state index contributed by atoms with van der Waals surface area (Å²) in [5, 5.41) is 10.3. The molecule has 1 aromatic heterocycles. The van der Waals surface area contributed by atoms with E-state index < -0.39 is 0 Å². The van der Waals surface area contributed by atoms with Crippen molar-refractivity contribution in [2.24, 2.45) is 5.41 Å². The average Bonchev–Trinajstić information content (AvgIpc) is 2.74. The molecule has 0 aliphatic heterocycles. The highest BCUT2D eigenvalue weighted by atomic mass is 32.1. The van der Waals surface area contributed by atoms with Gasteiger partial charge in [-0.1, -0.05) is 19.8 Å². The molecule has 14 heavy (non-hydrogen) atoms. The molecule has 2 nitrogen and oxygen atoms in total. The van der Waals surface area contributed by atoms with E-state index >= 15 is 0 Å². The van der Waals surface area contributed by atoms with Crippen molar-refractivity contribution in [3.8, 4) is 0 Å². The largest absolute Gasteiger partial charge is 0.387 e. The summed E-state index contributed by atoms with van der Waals surface area (Å²) >= 11 is 1.44. The van der Waals surface area contributed by atoms with Crippen molar-refractivity contribution in [2.75, 3.05) is 0 Å². The minimum atomic E-state index is -0.309. The second-order valence-corrected chi connectivity index (χ2v) is 5.47. The lowest BCUT2D eigenvalue weighted by atomic mass is 9.82. The minimum absolute atomic E-state index is 0.0962. The van der Waals surface area contributed by atoms with Crippen LogP contribution in [0.5, 0.6) is 0 Å². The maximum absolute atomic E-state index is 10.3. The zero-order chi connectivity index (χ0) is 10.2. The van der Waals surface area contributed by atoms with Crippen LogP contribution < -0.4 is 0 Å². The molecule has 0 saturated heterocycles. The van der Waals surface area contributed by atoms with E-state index in [0.29, 0.717) is 0 Å². The van der Waals surface area contributed by atoms with Gasteiger partial charge in [-0.25, -0.2) is 0 Å². The van der Waals surface area contributed by atoms with Crippen LogP contribution in [0.25, 0.3) is 0 Å². The molecule has 1 aliphatic carbocycles. The Kier molecular flexibility index (Phi) is 2.62. The Bertz CT molecular complexity index is 315. The van der Waals surface area contributed by atoms with E-state index in [-0.39, 0.29) is 11.5 Å². The Morgan fingerprint density at radius 1 is 1.50 bits per heavy atom. The number of hydrogen-bond donors (Lipinski definition) is 1. The predicted octanol–water partition coefficient (Wildman–Crippen LogP) is 3.07. The van der Waals surface area contributed by atoms with Crippen molar-refractivity contribution >= 4 is 11.5 Å². The van der Waals surface area contributed by atoms with Crippen LogP contribution in [0.4, 0.5) is 0 Å². The normalized spacial score (nSPS) is 22.5. The van der Waals surface area contributed by atoms with Gasteiger partial charge >= 0.3 is 0 Å². The molecule has 1 heterocycles. The molecule has 1 N–H and O–H groups in total. The molecule has 0 radical (unpaired) electrons. The first-order chi connectivity index (χ1) is 6.62. The number of aryl methyl sites for hydroxylation is 1. The number of rotatable bonds is 2. The van der Waals surface area contributed by atoms with Crippen molar-refractivity contribution < 1.29 is 5.11 Å². The Labute approximate surface area is 89.1 Å². The number of aliphatic hydroxyl groups is 1. The topological polar surface area (TPSA) is 33.1 Å². The van der Waals surface area contributed by atoms with Gasteiger partial charge in [-0.3, -0.25) is 0 Å². The number of aromatic nitrogens is 1. The van der Waals surface area contributed by atoms with Crippen LogP contribution in [-0.2, 0) is 0 Å². The van der Waals surface area contributed by atoms with Gasteiger partial charge in [0.15, 0.2) is 0 Å². The highest BCUT2D eigenvalue weighted by molar-refractivity contribution is 7.05. The van der Waals surface area contributed by atoms with E-state index in [1.54, 1.807) is 0 Å². The van der Waals surface area contributed by atoms with Crippen molar-refractivity contribution in [1.29, 1.82) is 0 Å². The molecule has 2 rings (SSSR count). The third kappa shape index (κ3) is 1.71.